The van der Waals surface area contributed by atoms with Gasteiger partial charge in [-0.2, -0.15) is 0 Å². The Labute approximate surface area is 135 Å². The van der Waals surface area contributed by atoms with Gasteiger partial charge in [-0.1, -0.05) is 37.6 Å². The summed E-state index contributed by atoms with van der Waals surface area (Å²) in [6.45, 7) is 1.71. The van der Waals surface area contributed by atoms with E-state index in [1.54, 1.807) is 18.2 Å². The number of H-pyrrole nitrogens is 1. The van der Waals surface area contributed by atoms with Gasteiger partial charge in [0.2, 0.25) is 0 Å². The summed E-state index contributed by atoms with van der Waals surface area (Å²) in [6, 6.07) is 13.6. The van der Waals surface area contributed by atoms with Crippen molar-refractivity contribution >= 4 is 16.8 Å². The number of rotatable bonds is 6. The Bertz CT molecular complexity index is 819. The van der Waals surface area contributed by atoms with E-state index < -0.39 is 6.61 Å². The molecule has 1 aromatic heterocycles. The van der Waals surface area contributed by atoms with Crippen molar-refractivity contribution in [3.8, 4) is 11.4 Å². The number of carbonyl (C=O) groups excluding carboxylic acids is 1. The summed E-state index contributed by atoms with van der Waals surface area (Å²) in [7, 11) is 0. The fourth-order valence-electron chi connectivity index (χ4n) is 2.62. The van der Waals surface area contributed by atoms with E-state index in [-0.39, 0.29) is 5.78 Å². The second-order valence-corrected chi connectivity index (χ2v) is 5.70. The molecule has 0 saturated carbocycles. The predicted molar refractivity (Wildman–Crippen MR) is 91.6 cm³/mol. The van der Waals surface area contributed by atoms with Crippen LogP contribution >= 0.6 is 0 Å². The van der Waals surface area contributed by atoms with E-state index in [1.165, 1.54) is 18.4 Å². The number of aryl methyl sites for hydroxylation is 1. The molecule has 1 heterocycles. The number of aliphatic hydroxyl groups excluding tert-OH is 1. The number of nitrogens with zero attached hydrogens (tertiary/aromatic N) is 1. The molecular weight excluding hydrogens is 288 g/mol. The van der Waals surface area contributed by atoms with Gasteiger partial charge in [-0.15, -0.1) is 0 Å². The summed E-state index contributed by atoms with van der Waals surface area (Å²) >= 11 is 0. The molecule has 2 aromatic carbocycles. The molecule has 4 heteroatoms. The van der Waals surface area contributed by atoms with Crippen LogP contribution in [0.3, 0.4) is 0 Å². The zero-order valence-corrected chi connectivity index (χ0v) is 13.2. The number of unbranched alkanes of at least 4 members (excludes halogenated alkanes) is 1. The Morgan fingerprint density at radius 1 is 1.17 bits per heavy atom. The van der Waals surface area contributed by atoms with Crippen LogP contribution in [0.15, 0.2) is 42.5 Å². The summed E-state index contributed by atoms with van der Waals surface area (Å²) in [6.07, 6.45) is 3.50. The number of benzene rings is 2. The van der Waals surface area contributed by atoms with E-state index in [4.69, 9.17) is 5.11 Å². The van der Waals surface area contributed by atoms with Gasteiger partial charge in [0.25, 0.3) is 0 Å². The Balaban J connectivity index is 1.89. The minimum atomic E-state index is -0.480. The van der Waals surface area contributed by atoms with Crippen LogP contribution in [-0.4, -0.2) is 27.5 Å². The lowest BCUT2D eigenvalue weighted by Crippen LogP contribution is -2.03. The second-order valence-electron chi connectivity index (χ2n) is 5.70. The number of carbonyl (C=O) groups is 1. The zero-order valence-electron chi connectivity index (χ0n) is 13.2. The molecule has 0 aliphatic carbocycles. The monoisotopic (exact) mass is 308 g/mol. The Hall–Kier alpha value is -2.46. The number of aliphatic hydroxyl groups is 1. The van der Waals surface area contributed by atoms with Gasteiger partial charge < -0.3 is 10.1 Å². The van der Waals surface area contributed by atoms with E-state index in [2.05, 4.69) is 41.2 Å². The van der Waals surface area contributed by atoms with Crippen molar-refractivity contribution in [1.29, 1.82) is 0 Å². The molecule has 0 unspecified atom stereocenters. The molecule has 4 nitrogen and oxygen atoms in total. The first-order valence-electron chi connectivity index (χ1n) is 7.94. The quantitative estimate of drug-likeness (QED) is 0.682. The molecule has 118 valence electrons. The minimum absolute atomic E-state index is 0.289. The van der Waals surface area contributed by atoms with Gasteiger partial charge in [0, 0.05) is 11.1 Å². The maximum Gasteiger partial charge on any atom is 0.188 e. The van der Waals surface area contributed by atoms with Crippen molar-refractivity contribution in [1.82, 2.24) is 9.97 Å². The van der Waals surface area contributed by atoms with Crippen LogP contribution in [0.2, 0.25) is 0 Å². The van der Waals surface area contributed by atoms with Crippen molar-refractivity contribution in [3.63, 3.8) is 0 Å². The van der Waals surface area contributed by atoms with E-state index in [1.807, 2.05) is 0 Å². The largest absolute Gasteiger partial charge is 0.388 e. The minimum Gasteiger partial charge on any atom is -0.388 e. The van der Waals surface area contributed by atoms with Crippen LogP contribution in [0.4, 0.5) is 0 Å². The third-order valence-corrected chi connectivity index (χ3v) is 3.99. The van der Waals surface area contributed by atoms with Gasteiger partial charge in [-0.05, 0) is 36.6 Å². The summed E-state index contributed by atoms with van der Waals surface area (Å²) < 4.78 is 0. The molecular formula is C19H20N2O2. The van der Waals surface area contributed by atoms with Crippen molar-refractivity contribution < 1.29 is 9.90 Å². The summed E-state index contributed by atoms with van der Waals surface area (Å²) in [5.74, 6) is 0.499. The number of fused-ring (bicyclic) bond motifs is 1. The summed E-state index contributed by atoms with van der Waals surface area (Å²) in [4.78, 5) is 19.4. The Morgan fingerprint density at radius 2 is 1.96 bits per heavy atom. The highest BCUT2D eigenvalue weighted by Gasteiger charge is 2.09. The van der Waals surface area contributed by atoms with E-state index >= 15 is 0 Å². The highest BCUT2D eigenvalue weighted by Crippen LogP contribution is 2.22. The van der Waals surface area contributed by atoms with Crippen LogP contribution < -0.4 is 0 Å². The average molecular weight is 308 g/mol. The molecule has 0 bridgehead atoms. The highest BCUT2D eigenvalue weighted by atomic mass is 16.3. The number of ketones is 1. The van der Waals surface area contributed by atoms with Crippen molar-refractivity contribution in [2.75, 3.05) is 6.61 Å². The van der Waals surface area contributed by atoms with Gasteiger partial charge >= 0.3 is 0 Å². The molecule has 3 rings (SSSR count). The van der Waals surface area contributed by atoms with Gasteiger partial charge in [-0.25, -0.2) is 4.98 Å². The van der Waals surface area contributed by atoms with E-state index in [9.17, 15) is 4.79 Å². The van der Waals surface area contributed by atoms with E-state index in [0.717, 1.165) is 28.8 Å². The van der Waals surface area contributed by atoms with Crippen molar-refractivity contribution in [3.05, 3.63) is 53.6 Å². The molecule has 0 saturated heterocycles. The first kappa shape index (κ1) is 15.4. The Kier molecular flexibility index (Phi) is 4.53. The Morgan fingerprint density at radius 3 is 2.65 bits per heavy atom. The number of hydrogen-bond acceptors (Lipinski definition) is 3. The van der Waals surface area contributed by atoms with Crippen LogP contribution in [0.1, 0.15) is 35.7 Å². The normalized spacial score (nSPS) is 11.0. The van der Waals surface area contributed by atoms with Crippen molar-refractivity contribution in [2.45, 2.75) is 26.2 Å². The summed E-state index contributed by atoms with van der Waals surface area (Å²) in [5.41, 5.74) is 4.46. The fourth-order valence-corrected chi connectivity index (χ4v) is 2.62. The average Bonchev–Trinajstić information content (AvgIpc) is 3.02. The molecule has 0 amide bonds. The smallest absolute Gasteiger partial charge is 0.188 e. The molecule has 0 fully saturated rings. The van der Waals surface area contributed by atoms with Crippen LogP contribution in [-0.2, 0) is 6.42 Å². The summed E-state index contributed by atoms with van der Waals surface area (Å²) in [5, 5.41) is 8.96. The van der Waals surface area contributed by atoms with Crippen LogP contribution in [0.5, 0.6) is 0 Å². The number of nitrogens with one attached hydrogen (secondary N) is 1. The maximum atomic E-state index is 11.6. The lowest BCUT2D eigenvalue weighted by Gasteiger charge is -2.01. The molecule has 23 heavy (non-hydrogen) atoms. The zero-order chi connectivity index (χ0) is 16.2. The predicted octanol–water partition coefficient (Wildman–Crippen LogP) is 3.75. The number of hydrogen-bond donors (Lipinski definition) is 2. The molecule has 3 aromatic rings. The second kappa shape index (κ2) is 6.75. The first-order valence-corrected chi connectivity index (χ1v) is 7.94. The molecule has 0 radical (unpaired) electrons. The van der Waals surface area contributed by atoms with Crippen molar-refractivity contribution in [2.24, 2.45) is 0 Å². The van der Waals surface area contributed by atoms with Gasteiger partial charge in [0.1, 0.15) is 12.4 Å². The third-order valence-electron chi connectivity index (χ3n) is 3.99. The van der Waals surface area contributed by atoms with Crippen LogP contribution in [0.25, 0.3) is 22.4 Å². The van der Waals surface area contributed by atoms with Gasteiger partial charge in [0.15, 0.2) is 5.78 Å². The maximum absolute atomic E-state index is 11.6. The fraction of sp³-hybridized carbons (Fsp3) is 0.263. The van der Waals surface area contributed by atoms with Gasteiger partial charge in [0.05, 0.1) is 11.0 Å². The van der Waals surface area contributed by atoms with E-state index in [0.29, 0.717) is 5.56 Å². The van der Waals surface area contributed by atoms with Gasteiger partial charge in [-0.3, -0.25) is 4.79 Å². The highest BCUT2D eigenvalue weighted by molar-refractivity contribution is 5.99. The first-order chi connectivity index (χ1) is 11.2. The number of Topliss-reactive ketones (excluding diaryl/α,β-unsaturated/α-hetero) is 1. The molecule has 2 N–H and O–H groups in total. The topological polar surface area (TPSA) is 66.0 Å². The molecule has 0 aliphatic rings. The molecule has 0 aliphatic heterocycles. The molecule has 0 atom stereocenters. The molecule has 0 spiro atoms. The lowest BCUT2D eigenvalue weighted by atomic mass is 10.1. The van der Waals surface area contributed by atoms with Crippen LogP contribution in [0, 0.1) is 0 Å². The standard InChI is InChI=1S/C19H20N2O2/c1-2-3-4-13-5-7-14(8-6-13)19-20-16-10-9-15(18(23)12-22)11-17(16)21-19/h5-11,22H,2-4,12H2,1H3,(H,20,21). The number of aromatic amines is 1. The third kappa shape index (κ3) is 3.32. The number of imidazole rings is 1. The number of aromatic nitrogens is 2. The lowest BCUT2D eigenvalue weighted by molar-refractivity contribution is 0.0904. The SMILES string of the molecule is CCCCc1ccc(-c2nc3ccc(C(=O)CO)cc3[nH]2)cc1.